The van der Waals surface area contributed by atoms with Gasteiger partial charge in [0.05, 0.1) is 48.8 Å². The molecule has 1 aliphatic heterocycles. The molecule has 1 N–H and O–H groups in total. The molecule has 1 saturated heterocycles. The Morgan fingerprint density at radius 2 is 1.62 bits per heavy atom. The Bertz CT molecular complexity index is 1160. The molecule has 0 bridgehead atoms. The molecule has 32 heavy (non-hydrogen) atoms. The lowest BCUT2D eigenvalue weighted by atomic mass is 9.97. The van der Waals surface area contributed by atoms with Crippen LogP contribution in [0.2, 0.25) is 0 Å². The van der Waals surface area contributed by atoms with E-state index in [-0.39, 0.29) is 11.9 Å². The minimum Gasteiger partial charge on any atom is -0.493 e. The number of hydrogen-bond donors (Lipinski definition) is 1. The fourth-order valence-electron chi connectivity index (χ4n) is 3.86. The van der Waals surface area contributed by atoms with Crippen molar-refractivity contribution in [3.05, 3.63) is 30.3 Å². The Morgan fingerprint density at radius 1 is 1.03 bits per heavy atom. The quantitative estimate of drug-likeness (QED) is 0.352. The minimum absolute atomic E-state index is 0.0474. The standard InChI is InChI=1S/C23H26N4O4S/c1-4-31-22(28)14-7-9-27(10-8-14)23(32)24-15-5-6-16-17(11-15)26-19-13-21(30-3)20(29-2)12-18(19)25-16/h5-6,11-14H,4,7-10H2,1-3H3,(H,24,32). The molecule has 0 aliphatic carbocycles. The molecule has 8 nitrogen and oxygen atoms in total. The van der Waals surface area contributed by atoms with Crippen molar-refractivity contribution < 1.29 is 19.0 Å². The number of ether oxygens (including phenoxy) is 3. The molecule has 3 aromatic rings. The Labute approximate surface area is 191 Å². The van der Waals surface area contributed by atoms with Gasteiger partial charge >= 0.3 is 5.97 Å². The second-order valence-corrected chi connectivity index (χ2v) is 7.95. The molecule has 0 amide bonds. The molecule has 1 aliphatic rings. The van der Waals surface area contributed by atoms with E-state index in [9.17, 15) is 4.79 Å². The van der Waals surface area contributed by atoms with Crippen molar-refractivity contribution in [3.63, 3.8) is 0 Å². The highest BCUT2D eigenvalue weighted by molar-refractivity contribution is 7.80. The monoisotopic (exact) mass is 454 g/mol. The number of esters is 1. The average molecular weight is 455 g/mol. The number of rotatable bonds is 5. The summed E-state index contributed by atoms with van der Waals surface area (Å²) in [5.41, 5.74) is 3.81. The maximum Gasteiger partial charge on any atom is 0.309 e. The maximum absolute atomic E-state index is 11.9. The predicted octanol–water partition coefficient (Wildman–Crippen LogP) is 3.77. The fraction of sp³-hybridized carbons (Fsp3) is 0.391. The zero-order chi connectivity index (χ0) is 22.7. The molecule has 2 aromatic carbocycles. The van der Waals surface area contributed by atoms with Crippen LogP contribution in [-0.4, -0.2) is 59.9 Å². The van der Waals surface area contributed by atoms with Gasteiger partial charge in [-0.1, -0.05) is 0 Å². The van der Waals surface area contributed by atoms with Gasteiger partial charge in [0.15, 0.2) is 16.6 Å². The zero-order valence-electron chi connectivity index (χ0n) is 18.4. The largest absolute Gasteiger partial charge is 0.493 e. The first-order chi connectivity index (χ1) is 15.5. The molecular weight excluding hydrogens is 428 g/mol. The molecule has 0 atom stereocenters. The molecule has 168 valence electrons. The van der Waals surface area contributed by atoms with Gasteiger partial charge in [0, 0.05) is 30.9 Å². The van der Waals surface area contributed by atoms with Gasteiger partial charge in [-0.3, -0.25) is 4.79 Å². The molecular formula is C23H26N4O4S. The second-order valence-electron chi connectivity index (χ2n) is 7.57. The van der Waals surface area contributed by atoms with Crippen LogP contribution < -0.4 is 14.8 Å². The Hall–Kier alpha value is -3.20. The van der Waals surface area contributed by atoms with Crippen LogP contribution in [-0.2, 0) is 9.53 Å². The number of hydrogen-bond acceptors (Lipinski definition) is 7. The van der Waals surface area contributed by atoms with Gasteiger partial charge in [0.2, 0.25) is 0 Å². The summed E-state index contributed by atoms with van der Waals surface area (Å²) in [5, 5.41) is 3.92. The summed E-state index contributed by atoms with van der Waals surface area (Å²) in [6.45, 7) is 3.68. The number of nitrogens with zero attached hydrogens (tertiary/aromatic N) is 3. The van der Waals surface area contributed by atoms with E-state index in [1.54, 1.807) is 14.2 Å². The number of methoxy groups -OCH3 is 2. The Balaban J connectivity index is 1.49. The second kappa shape index (κ2) is 9.52. The van der Waals surface area contributed by atoms with Crippen LogP contribution in [0.3, 0.4) is 0 Å². The van der Waals surface area contributed by atoms with Crippen LogP contribution in [0.1, 0.15) is 19.8 Å². The number of carbonyl (C=O) groups is 1. The smallest absolute Gasteiger partial charge is 0.309 e. The number of fused-ring (bicyclic) bond motifs is 2. The lowest BCUT2D eigenvalue weighted by molar-refractivity contribution is -0.149. The number of nitrogens with one attached hydrogen (secondary N) is 1. The van der Waals surface area contributed by atoms with Crippen molar-refractivity contribution in [2.45, 2.75) is 19.8 Å². The van der Waals surface area contributed by atoms with E-state index in [2.05, 4.69) is 10.2 Å². The lowest BCUT2D eigenvalue weighted by Crippen LogP contribution is -2.42. The zero-order valence-corrected chi connectivity index (χ0v) is 19.2. The topological polar surface area (TPSA) is 85.8 Å². The first-order valence-electron chi connectivity index (χ1n) is 10.6. The van der Waals surface area contributed by atoms with Gasteiger partial charge < -0.3 is 24.4 Å². The molecule has 9 heteroatoms. The normalized spacial score (nSPS) is 14.4. The molecule has 0 radical (unpaired) electrons. The van der Waals surface area contributed by atoms with Crippen molar-refractivity contribution in [2.24, 2.45) is 5.92 Å². The first kappa shape index (κ1) is 22.0. The summed E-state index contributed by atoms with van der Waals surface area (Å²) in [6, 6.07) is 9.41. The van der Waals surface area contributed by atoms with Crippen LogP contribution in [0, 0.1) is 5.92 Å². The number of likely N-dealkylation sites (tertiary alicyclic amines) is 1. The highest BCUT2D eigenvalue weighted by Gasteiger charge is 2.27. The summed E-state index contributed by atoms with van der Waals surface area (Å²) in [5.74, 6) is 1.06. The van der Waals surface area contributed by atoms with E-state index < -0.39 is 0 Å². The van der Waals surface area contributed by atoms with Crippen LogP contribution >= 0.6 is 12.2 Å². The third-order valence-corrected chi connectivity index (χ3v) is 5.95. The van der Waals surface area contributed by atoms with Gasteiger partial charge in [-0.15, -0.1) is 0 Å². The van der Waals surface area contributed by atoms with Gasteiger partial charge in [0.1, 0.15) is 0 Å². The highest BCUT2D eigenvalue weighted by Crippen LogP contribution is 2.32. The molecule has 0 saturated carbocycles. The van der Waals surface area contributed by atoms with Crippen molar-refractivity contribution in [1.29, 1.82) is 0 Å². The minimum atomic E-state index is -0.111. The predicted molar refractivity (Wildman–Crippen MR) is 127 cm³/mol. The fourth-order valence-corrected chi connectivity index (χ4v) is 4.16. The third kappa shape index (κ3) is 4.52. The van der Waals surface area contributed by atoms with E-state index in [0.29, 0.717) is 23.2 Å². The van der Waals surface area contributed by atoms with Crippen LogP contribution in [0.15, 0.2) is 30.3 Å². The van der Waals surface area contributed by atoms with Gasteiger partial charge in [-0.2, -0.15) is 0 Å². The number of anilines is 1. The van der Waals surface area contributed by atoms with Crippen LogP contribution in [0.4, 0.5) is 5.69 Å². The molecule has 0 spiro atoms. The van der Waals surface area contributed by atoms with E-state index in [4.69, 9.17) is 36.4 Å². The molecule has 0 unspecified atom stereocenters. The van der Waals surface area contributed by atoms with Crippen LogP contribution in [0.5, 0.6) is 11.5 Å². The van der Waals surface area contributed by atoms with Crippen molar-refractivity contribution in [1.82, 2.24) is 14.9 Å². The molecule has 4 rings (SSSR count). The van der Waals surface area contributed by atoms with Gasteiger partial charge in [-0.25, -0.2) is 9.97 Å². The summed E-state index contributed by atoms with van der Waals surface area (Å²) < 4.78 is 15.9. The van der Waals surface area contributed by atoms with Gasteiger partial charge in [-0.05, 0) is 50.2 Å². The summed E-state index contributed by atoms with van der Waals surface area (Å²) in [4.78, 5) is 23.5. The SMILES string of the molecule is CCOC(=O)C1CCN(C(=S)Nc2ccc3nc4cc(OC)c(OC)cc4nc3c2)CC1. The lowest BCUT2D eigenvalue weighted by Gasteiger charge is -2.32. The van der Waals surface area contributed by atoms with E-state index in [0.717, 1.165) is 53.7 Å². The first-order valence-corrected chi connectivity index (χ1v) is 11.0. The number of benzene rings is 2. The number of piperidine rings is 1. The molecule has 1 fully saturated rings. The van der Waals surface area contributed by atoms with Gasteiger partial charge in [0.25, 0.3) is 0 Å². The Morgan fingerprint density at radius 3 is 2.22 bits per heavy atom. The molecule has 1 aromatic heterocycles. The van der Waals surface area contributed by atoms with E-state index in [1.165, 1.54) is 0 Å². The summed E-state index contributed by atoms with van der Waals surface area (Å²) >= 11 is 5.60. The Kier molecular flexibility index (Phi) is 6.55. The van der Waals surface area contributed by atoms with Crippen molar-refractivity contribution in [3.8, 4) is 11.5 Å². The molecule has 2 heterocycles. The highest BCUT2D eigenvalue weighted by atomic mass is 32.1. The van der Waals surface area contributed by atoms with Crippen molar-refractivity contribution in [2.75, 3.05) is 39.2 Å². The van der Waals surface area contributed by atoms with Crippen LogP contribution in [0.25, 0.3) is 22.1 Å². The van der Waals surface area contributed by atoms with Crippen molar-refractivity contribution >= 4 is 51.1 Å². The average Bonchev–Trinajstić information content (AvgIpc) is 2.82. The van der Waals surface area contributed by atoms with E-state index in [1.807, 2.05) is 37.3 Å². The number of thiocarbonyl (C=S) groups is 1. The maximum atomic E-state index is 11.9. The van der Waals surface area contributed by atoms with E-state index >= 15 is 0 Å². The third-order valence-electron chi connectivity index (χ3n) is 5.59. The summed E-state index contributed by atoms with van der Waals surface area (Å²) in [7, 11) is 3.19. The number of carbonyl (C=O) groups excluding carboxylic acids is 1. The number of aromatic nitrogens is 2. The summed E-state index contributed by atoms with van der Waals surface area (Å²) in [6.07, 6.45) is 1.47.